The number of amides is 1. The van der Waals surface area contributed by atoms with Gasteiger partial charge in [0.2, 0.25) is 5.91 Å². The number of rotatable bonds is 4. The van der Waals surface area contributed by atoms with Crippen molar-refractivity contribution in [2.45, 2.75) is 18.8 Å². The van der Waals surface area contributed by atoms with Crippen LogP contribution in [0.3, 0.4) is 0 Å². The van der Waals surface area contributed by atoms with Crippen molar-refractivity contribution in [3.05, 3.63) is 44.1 Å². The van der Waals surface area contributed by atoms with Gasteiger partial charge in [0.05, 0.1) is 32.3 Å². The van der Waals surface area contributed by atoms with Crippen LogP contribution in [0.25, 0.3) is 0 Å². The molecular weight excluding hydrogens is 418 g/mol. The highest BCUT2D eigenvalue weighted by Crippen LogP contribution is 2.41. The molecule has 0 spiro atoms. The Labute approximate surface area is 172 Å². The molecule has 1 fully saturated rings. The number of aryl methyl sites for hydroxylation is 1. The first-order valence-corrected chi connectivity index (χ1v) is 9.71. The number of aromatic nitrogens is 2. The van der Waals surface area contributed by atoms with Gasteiger partial charge in [0.1, 0.15) is 0 Å². The van der Waals surface area contributed by atoms with Gasteiger partial charge in [-0.15, -0.1) is 0 Å². The fourth-order valence-corrected chi connectivity index (χ4v) is 4.14. The number of halogens is 4. The molecular formula is C17H18Cl4N4O. The molecule has 2 heterocycles. The fourth-order valence-electron chi connectivity index (χ4n) is 3.24. The van der Waals surface area contributed by atoms with Crippen molar-refractivity contribution >= 4 is 58.0 Å². The number of carbonyl (C=O) groups is 1. The molecule has 0 atom stereocenters. The molecule has 0 bridgehead atoms. The van der Waals surface area contributed by atoms with Crippen molar-refractivity contribution in [2.24, 2.45) is 7.05 Å². The second-order valence-corrected chi connectivity index (χ2v) is 7.89. The first kappa shape index (κ1) is 19.8. The lowest BCUT2D eigenvalue weighted by atomic mass is 9.93. The van der Waals surface area contributed by atoms with E-state index in [0.717, 1.165) is 25.9 Å². The van der Waals surface area contributed by atoms with Crippen LogP contribution in [0.5, 0.6) is 0 Å². The second kappa shape index (κ2) is 8.36. The molecule has 3 rings (SSSR count). The lowest BCUT2D eigenvalue weighted by molar-refractivity contribution is -0.117. The van der Waals surface area contributed by atoms with E-state index >= 15 is 0 Å². The predicted octanol–water partition coefficient (Wildman–Crippen LogP) is 4.85. The Morgan fingerprint density at radius 3 is 2.35 bits per heavy atom. The highest BCUT2D eigenvalue weighted by Gasteiger charge is 2.24. The van der Waals surface area contributed by atoms with Gasteiger partial charge in [0.25, 0.3) is 0 Å². The van der Waals surface area contributed by atoms with Crippen molar-refractivity contribution in [1.29, 1.82) is 0 Å². The summed E-state index contributed by atoms with van der Waals surface area (Å²) in [4.78, 5) is 14.5. The van der Waals surface area contributed by atoms with Crippen molar-refractivity contribution in [3.63, 3.8) is 0 Å². The van der Waals surface area contributed by atoms with Gasteiger partial charge < -0.3 is 5.32 Å². The SMILES string of the molecule is Cn1nccc1C1CCN(CC(=O)Nc2c(Cl)c(Cl)cc(Cl)c2Cl)CC1. The van der Waals surface area contributed by atoms with Crippen LogP contribution in [0.1, 0.15) is 24.5 Å². The lowest BCUT2D eigenvalue weighted by Crippen LogP contribution is -2.39. The molecule has 0 aliphatic carbocycles. The molecule has 1 aliphatic heterocycles. The maximum atomic E-state index is 12.4. The molecule has 1 N–H and O–H groups in total. The van der Waals surface area contributed by atoms with E-state index in [1.807, 2.05) is 17.9 Å². The van der Waals surface area contributed by atoms with E-state index in [2.05, 4.69) is 21.4 Å². The minimum Gasteiger partial charge on any atom is -0.322 e. The zero-order chi connectivity index (χ0) is 18.8. The summed E-state index contributed by atoms with van der Waals surface area (Å²) < 4.78 is 1.92. The Bertz CT molecular complexity index is 789. The van der Waals surface area contributed by atoms with Crippen LogP contribution in [0.2, 0.25) is 20.1 Å². The number of benzene rings is 1. The molecule has 5 nitrogen and oxygen atoms in total. The maximum absolute atomic E-state index is 12.4. The van der Waals surface area contributed by atoms with E-state index in [1.165, 1.54) is 11.8 Å². The Morgan fingerprint density at radius 1 is 1.19 bits per heavy atom. The van der Waals surface area contributed by atoms with Gasteiger partial charge in [0.15, 0.2) is 0 Å². The third-order valence-electron chi connectivity index (χ3n) is 4.61. The summed E-state index contributed by atoms with van der Waals surface area (Å²) in [7, 11) is 1.96. The molecule has 1 aromatic heterocycles. The largest absolute Gasteiger partial charge is 0.322 e. The number of carbonyl (C=O) groups excluding carboxylic acids is 1. The zero-order valence-electron chi connectivity index (χ0n) is 14.1. The third kappa shape index (κ3) is 4.29. The highest BCUT2D eigenvalue weighted by molar-refractivity contribution is 6.50. The quantitative estimate of drug-likeness (QED) is 0.698. The van der Waals surface area contributed by atoms with Gasteiger partial charge >= 0.3 is 0 Å². The van der Waals surface area contributed by atoms with Gasteiger partial charge in [0, 0.05) is 24.9 Å². The van der Waals surface area contributed by atoms with Crippen molar-refractivity contribution in [2.75, 3.05) is 25.0 Å². The molecule has 1 aromatic carbocycles. The van der Waals surface area contributed by atoms with Crippen LogP contribution in [-0.4, -0.2) is 40.2 Å². The van der Waals surface area contributed by atoms with Crippen LogP contribution in [-0.2, 0) is 11.8 Å². The number of anilines is 1. The number of hydrogen-bond donors (Lipinski definition) is 1. The highest BCUT2D eigenvalue weighted by atomic mass is 35.5. The molecule has 0 saturated carbocycles. The minimum atomic E-state index is -0.203. The first-order chi connectivity index (χ1) is 12.4. The van der Waals surface area contributed by atoms with E-state index in [0.29, 0.717) is 5.92 Å². The molecule has 0 unspecified atom stereocenters. The maximum Gasteiger partial charge on any atom is 0.238 e. The Kier molecular flexibility index (Phi) is 6.36. The van der Waals surface area contributed by atoms with Crippen LogP contribution < -0.4 is 5.32 Å². The first-order valence-electron chi connectivity index (χ1n) is 8.20. The second-order valence-electron chi connectivity index (χ2n) is 6.32. The topological polar surface area (TPSA) is 50.2 Å². The number of nitrogens with zero attached hydrogens (tertiary/aromatic N) is 3. The van der Waals surface area contributed by atoms with Gasteiger partial charge in [-0.3, -0.25) is 14.4 Å². The van der Waals surface area contributed by atoms with E-state index in [9.17, 15) is 4.79 Å². The normalized spacial score (nSPS) is 16.0. The van der Waals surface area contributed by atoms with Gasteiger partial charge in [-0.1, -0.05) is 46.4 Å². The average Bonchev–Trinajstić information content (AvgIpc) is 3.04. The van der Waals surface area contributed by atoms with E-state index in [1.54, 1.807) is 0 Å². The summed E-state index contributed by atoms with van der Waals surface area (Å²) in [5, 5.41) is 7.81. The summed E-state index contributed by atoms with van der Waals surface area (Å²) in [5.41, 5.74) is 1.49. The summed E-state index contributed by atoms with van der Waals surface area (Å²) in [6.07, 6.45) is 3.79. The predicted molar refractivity (Wildman–Crippen MR) is 107 cm³/mol. The standard InChI is InChI=1S/C17H18Cl4N4O/c1-24-13(2-5-22-24)10-3-6-25(7-4-10)9-14(26)23-17-15(20)11(18)8-12(19)16(17)21/h2,5,8,10H,3-4,6-7,9H2,1H3,(H,23,26). The molecule has 1 saturated heterocycles. The summed E-state index contributed by atoms with van der Waals surface area (Å²) in [6, 6.07) is 3.51. The molecule has 26 heavy (non-hydrogen) atoms. The smallest absolute Gasteiger partial charge is 0.238 e. The van der Waals surface area contributed by atoms with E-state index in [-0.39, 0.29) is 38.2 Å². The summed E-state index contributed by atoms with van der Waals surface area (Å²) in [5.74, 6) is 0.267. The molecule has 140 valence electrons. The van der Waals surface area contributed by atoms with Crippen molar-refractivity contribution in [3.8, 4) is 0 Å². The molecule has 1 amide bonds. The van der Waals surface area contributed by atoms with Crippen LogP contribution in [0, 0.1) is 0 Å². The number of likely N-dealkylation sites (tertiary alicyclic amines) is 1. The molecule has 1 aliphatic rings. The Balaban J connectivity index is 1.58. The number of piperidine rings is 1. The Morgan fingerprint density at radius 2 is 1.81 bits per heavy atom. The molecule has 2 aromatic rings. The lowest BCUT2D eigenvalue weighted by Gasteiger charge is -2.31. The summed E-state index contributed by atoms with van der Waals surface area (Å²) >= 11 is 24.3. The zero-order valence-corrected chi connectivity index (χ0v) is 17.1. The van der Waals surface area contributed by atoms with Crippen molar-refractivity contribution < 1.29 is 4.79 Å². The number of hydrogen-bond acceptors (Lipinski definition) is 3. The van der Waals surface area contributed by atoms with Gasteiger partial charge in [-0.2, -0.15) is 5.10 Å². The average molecular weight is 436 g/mol. The van der Waals surface area contributed by atoms with Crippen molar-refractivity contribution in [1.82, 2.24) is 14.7 Å². The summed E-state index contributed by atoms with van der Waals surface area (Å²) in [6.45, 7) is 1.93. The van der Waals surface area contributed by atoms with Crippen LogP contribution in [0.15, 0.2) is 18.3 Å². The van der Waals surface area contributed by atoms with Crippen LogP contribution >= 0.6 is 46.4 Å². The van der Waals surface area contributed by atoms with E-state index < -0.39 is 0 Å². The Hall–Kier alpha value is -0.980. The molecule has 0 radical (unpaired) electrons. The third-order valence-corrected chi connectivity index (χ3v) is 6.18. The van der Waals surface area contributed by atoms with Gasteiger partial charge in [-0.25, -0.2) is 0 Å². The fraction of sp³-hybridized carbons (Fsp3) is 0.412. The number of nitrogens with one attached hydrogen (secondary N) is 1. The molecule has 9 heteroatoms. The monoisotopic (exact) mass is 434 g/mol. The van der Waals surface area contributed by atoms with Crippen LogP contribution in [0.4, 0.5) is 5.69 Å². The minimum absolute atomic E-state index is 0.185. The van der Waals surface area contributed by atoms with Gasteiger partial charge in [-0.05, 0) is 38.1 Å². The van der Waals surface area contributed by atoms with E-state index in [4.69, 9.17) is 46.4 Å².